The summed E-state index contributed by atoms with van der Waals surface area (Å²) in [5.74, 6) is -3.15. The van der Waals surface area contributed by atoms with Crippen LogP contribution in [-0.4, -0.2) is 33.7 Å². The smallest absolute Gasteiger partial charge is 0.307 e. The van der Waals surface area contributed by atoms with E-state index in [1.54, 1.807) is 0 Å². The van der Waals surface area contributed by atoms with Crippen molar-refractivity contribution in [2.75, 3.05) is 11.5 Å². The van der Waals surface area contributed by atoms with Gasteiger partial charge < -0.3 is 10.2 Å². The van der Waals surface area contributed by atoms with Crippen molar-refractivity contribution in [1.29, 1.82) is 0 Å². The molecule has 0 rings (SSSR count). The van der Waals surface area contributed by atoms with E-state index in [4.69, 9.17) is 10.2 Å². The van der Waals surface area contributed by atoms with Crippen LogP contribution in [-0.2, 0) is 9.59 Å². The lowest BCUT2D eigenvalue weighted by atomic mass is 9.97. The maximum Gasteiger partial charge on any atom is 0.307 e. The highest BCUT2D eigenvalue weighted by Gasteiger charge is 2.24. The predicted octanol–water partition coefficient (Wildman–Crippen LogP) is 0.638. The SMILES string of the molecule is O=C(O)C(CS)CC(CS)C(=O)O. The first-order valence-corrected chi connectivity index (χ1v) is 4.96. The summed E-state index contributed by atoms with van der Waals surface area (Å²) in [6, 6.07) is 0. The van der Waals surface area contributed by atoms with Crippen molar-refractivity contribution in [3.63, 3.8) is 0 Å². The van der Waals surface area contributed by atoms with Gasteiger partial charge in [0.2, 0.25) is 0 Å². The van der Waals surface area contributed by atoms with Crippen LogP contribution in [0.3, 0.4) is 0 Å². The molecule has 0 aromatic heterocycles. The van der Waals surface area contributed by atoms with Gasteiger partial charge in [-0.2, -0.15) is 25.3 Å². The number of hydrogen-bond donors (Lipinski definition) is 4. The van der Waals surface area contributed by atoms with Crippen LogP contribution in [0.15, 0.2) is 0 Å². The molecule has 0 heterocycles. The molecule has 0 spiro atoms. The largest absolute Gasteiger partial charge is 0.481 e. The average Bonchev–Trinajstić information content (AvgIpc) is 2.05. The Morgan fingerprint density at radius 2 is 1.31 bits per heavy atom. The Hall–Kier alpha value is -0.360. The molecule has 0 saturated heterocycles. The number of aliphatic carboxylic acids is 2. The molecule has 0 aromatic rings. The fourth-order valence-corrected chi connectivity index (χ4v) is 1.46. The molecule has 0 aromatic carbocycles. The van der Waals surface area contributed by atoms with Crippen LogP contribution < -0.4 is 0 Å². The van der Waals surface area contributed by atoms with Gasteiger partial charge in [0.15, 0.2) is 0 Å². The lowest BCUT2D eigenvalue weighted by molar-refractivity contribution is -0.144. The Morgan fingerprint density at radius 1 is 1.00 bits per heavy atom. The highest BCUT2D eigenvalue weighted by Crippen LogP contribution is 2.15. The summed E-state index contributed by atoms with van der Waals surface area (Å²) in [6.45, 7) is 0. The summed E-state index contributed by atoms with van der Waals surface area (Å²) in [4.78, 5) is 21.1. The quantitative estimate of drug-likeness (QED) is 0.499. The van der Waals surface area contributed by atoms with Crippen LogP contribution in [0.4, 0.5) is 0 Å². The van der Waals surface area contributed by atoms with Gasteiger partial charge in [-0.1, -0.05) is 0 Å². The molecule has 13 heavy (non-hydrogen) atoms. The van der Waals surface area contributed by atoms with Crippen molar-refractivity contribution < 1.29 is 19.8 Å². The molecule has 2 unspecified atom stereocenters. The molecule has 0 saturated carbocycles. The van der Waals surface area contributed by atoms with E-state index in [0.717, 1.165) is 0 Å². The van der Waals surface area contributed by atoms with Gasteiger partial charge in [-0.25, -0.2) is 0 Å². The first-order chi connectivity index (χ1) is 6.02. The normalized spacial score (nSPS) is 14.9. The molecule has 0 fully saturated rings. The number of carboxylic acid groups (broad SMARTS) is 2. The van der Waals surface area contributed by atoms with Gasteiger partial charge in [0.1, 0.15) is 0 Å². The summed E-state index contributed by atoms with van der Waals surface area (Å²) < 4.78 is 0. The highest BCUT2D eigenvalue weighted by molar-refractivity contribution is 7.80. The van der Waals surface area contributed by atoms with Gasteiger partial charge in [0.25, 0.3) is 0 Å². The fourth-order valence-electron chi connectivity index (χ4n) is 0.850. The number of carboxylic acids is 2. The minimum atomic E-state index is -1.01. The Kier molecular flexibility index (Phi) is 5.98. The number of carbonyl (C=O) groups is 2. The van der Waals surface area contributed by atoms with E-state index in [2.05, 4.69) is 25.3 Å². The van der Waals surface area contributed by atoms with Crippen LogP contribution in [0, 0.1) is 11.8 Å². The van der Waals surface area contributed by atoms with Crippen molar-refractivity contribution in [2.45, 2.75) is 6.42 Å². The van der Waals surface area contributed by atoms with E-state index in [9.17, 15) is 9.59 Å². The summed E-state index contributed by atoms with van der Waals surface area (Å²) in [6.07, 6.45) is 0.0810. The second-order valence-electron chi connectivity index (χ2n) is 2.67. The van der Waals surface area contributed by atoms with Crippen LogP contribution in [0.5, 0.6) is 0 Å². The van der Waals surface area contributed by atoms with Crippen LogP contribution in [0.25, 0.3) is 0 Å². The zero-order chi connectivity index (χ0) is 10.4. The summed E-state index contributed by atoms with van der Waals surface area (Å²) in [5, 5.41) is 17.3. The first kappa shape index (κ1) is 12.6. The van der Waals surface area contributed by atoms with E-state index >= 15 is 0 Å². The zero-order valence-corrected chi connectivity index (χ0v) is 8.67. The average molecular weight is 224 g/mol. The minimum Gasteiger partial charge on any atom is -0.481 e. The van der Waals surface area contributed by atoms with Crippen LogP contribution >= 0.6 is 25.3 Å². The molecule has 0 radical (unpaired) electrons. The van der Waals surface area contributed by atoms with Crippen LogP contribution in [0.2, 0.25) is 0 Å². The molecule has 2 atom stereocenters. The molecule has 6 heteroatoms. The van der Waals surface area contributed by atoms with Crippen molar-refractivity contribution >= 4 is 37.2 Å². The first-order valence-electron chi connectivity index (χ1n) is 3.70. The Labute approximate surface area is 87.2 Å². The van der Waals surface area contributed by atoms with E-state index in [0.29, 0.717) is 0 Å². The van der Waals surface area contributed by atoms with E-state index < -0.39 is 23.8 Å². The standard InChI is InChI=1S/C7H12O4S2/c8-6(9)4(2-12)1-5(3-13)7(10)11/h4-5,12-13H,1-3H2,(H,8,9)(H,10,11). The van der Waals surface area contributed by atoms with Crippen LogP contribution in [0.1, 0.15) is 6.42 Å². The third-order valence-corrected chi connectivity index (χ3v) is 2.59. The molecule has 76 valence electrons. The third-order valence-electron chi connectivity index (χ3n) is 1.71. The molecule has 0 bridgehead atoms. The second-order valence-corrected chi connectivity index (χ2v) is 3.40. The maximum atomic E-state index is 10.5. The number of hydrogen-bond acceptors (Lipinski definition) is 4. The third kappa shape index (κ3) is 4.42. The topological polar surface area (TPSA) is 74.6 Å². The Bertz CT molecular complexity index is 175. The summed E-state index contributed by atoms with van der Waals surface area (Å²) in [7, 11) is 0. The highest BCUT2D eigenvalue weighted by atomic mass is 32.1. The molecule has 2 N–H and O–H groups in total. The Balaban J connectivity index is 4.19. The number of rotatable bonds is 6. The van der Waals surface area contributed by atoms with Crippen molar-refractivity contribution in [2.24, 2.45) is 11.8 Å². The fraction of sp³-hybridized carbons (Fsp3) is 0.714. The lowest BCUT2D eigenvalue weighted by Crippen LogP contribution is -2.25. The molecular weight excluding hydrogens is 212 g/mol. The van der Waals surface area contributed by atoms with Gasteiger partial charge in [-0.05, 0) is 6.42 Å². The summed E-state index contributed by atoms with van der Waals surface area (Å²) >= 11 is 7.68. The molecule has 0 aliphatic rings. The maximum absolute atomic E-state index is 10.5. The van der Waals surface area contributed by atoms with Gasteiger partial charge in [0.05, 0.1) is 11.8 Å². The van der Waals surface area contributed by atoms with Crippen molar-refractivity contribution in [3.05, 3.63) is 0 Å². The monoisotopic (exact) mass is 224 g/mol. The lowest BCUT2D eigenvalue weighted by Gasteiger charge is -2.13. The van der Waals surface area contributed by atoms with Gasteiger partial charge in [-0.3, -0.25) is 9.59 Å². The van der Waals surface area contributed by atoms with E-state index in [1.807, 2.05) is 0 Å². The van der Waals surface area contributed by atoms with E-state index in [1.165, 1.54) is 0 Å². The molecular formula is C7H12O4S2. The second kappa shape index (κ2) is 6.15. The Morgan fingerprint density at radius 3 is 1.46 bits per heavy atom. The van der Waals surface area contributed by atoms with Crippen molar-refractivity contribution in [1.82, 2.24) is 0 Å². The van der Waals surface area contributed by atoms with Gasteiger partial charge in [0, 0.05) is 11.5 Å². The minimum absolute atomic E-state index is 0.0810. The van der Waals surface area contributed by atoms with Gasteiger partial charge >= 0.3 is 11.9 Å². The van der Waals surface area contributed by atoms with E-state index in [-0.39, 0.29) is 17.9 Å². The molecule has 0 aliphatic carbocycles. The molecule has 4 nitrogen and oxygen atoms in total. The molecule has 0 aliphatic heterocycles. The molecule has 0 amide bonds. The summed E-state index contributed by atoms with van der Waals surface area (Å²) in [5.41, 5.74) is 0. The van der Waals surface area contributed by atoms with Crippen molar-refractivity contribution in [3.8, 4) is 0 Å². The van der Waals surface area contributed by atoms with Gasteiger partial charge in [-0.15, -0.1) is 0 Å². The number of thiol groups is 2. The predicted molar refractivity (Wildman–Crippen MR) is 54.6 cm³/mol. The zero-order valence-electron chi connectivity index (χ0n) is 6.88.